The molecule has 0 bridgehead atoms. The number of aromatic nitrogens is 3. The lowest BCUT2D eigenvalue weighted by molar-refractivity contribution is 0.665. The Morgan fingerprint density at radius 3 is 1.65 bits per heavy atom. The van der Waals surface area contributed by atoms with Crippen LogP contribution in [0.1, 0.15) is 22.3 Å². The maximum atomic E-state index is 6.70. The van der Waals surface area contributed by atoms with Gasteiger partial charge in [-0.2, -0.15) is 0 Å². The highest BCUT2D eigenvalue weighted by Crippen LogP contribution is 2.57. The Bertz CT molecular complexity index is 2990. The van der Waals surface area contributed by atoms with E-state index < -0.39 is 5.41 Å². The highest BCUT2D eigenvalue weighted by atomic mass is 16.3. The van der Waals surface area contributed by atoms with Crippen molar-refractivity contribution < 1.29 is 4.42 Å². The van der Waals surface area contributed by atoms with Crippen LogP contribution in [0.3, 0.4) is 0 Å². The fraction of sp³-hybridized carbons (Fsp3) is 0.0200. The molecule has 8 aromatic carbocycles. The number of nitrogens with zero attached hydrogens (tertiary/aromatic N) is 3. The zero-order valence-corrected chi connectivity index (χ0v) is 29.1. The van der Waals surface area contributed by atoms with Crippen LogP contribution in [0.5, 0.6) is 0 Å². The predicted molar refractivity (Wildman–Crippen MR) is 218 cm³/mol. The molecule has 4 heteroatoms. The molecule has 54 heavy (non-hydrogen) atoms. The minimum atomic E-state index is -0.540. The molecule has 252 valence electrons. The first-order valence-corrected chi connectivity index (χ1v) is 18.3. The van der Waals surface area contributed by atoms with Gasteiger partial charge in [-0.25, -0.2) is 15.0 Å². The van der Waals surface area contributed by atoms with Crippen LogP contribution in [-0.2, 0) is 5.41 Å². The molecule has 1 aliphatic carbocycles. The van der Waals surface area contributed by atoms with Gasteiger partial charge in [-0.05, 0) is 80.6 Å². The number of furan rings is 1. The molecule has 1 unspecified atom stereocenters. The molecule has 0 saturated carbocycles. The molecular formula is C50H31N3O. The Labute approximate surface area is 312 Å². The van der Waals surface area contributed by atoms with Crippen molar-refractivity contribution in [3.8, 4) is 45.3 Å². The van der Waals surface area contributed by atoms with Crippen molar-refractivity contribution in [1.29, 1.82) is 0 Å². The summed E-state index contributed by atoms with van der Waals surface area (Å²) < 4.78 is 6.70. The van der Waals surface area contributed by atoms with E-state index >= 15 is 0 Å². The molecule has 4 nitrogen and oxygen atoms in total. The van der Waals surface area contributed by atoms with Gasteiger partial charge in [0.05, 0.1) is 5.41 Å². The van der Waals surface area contributed by atoms with Crippen molar-refractivity contribution in [2.45, 2.75) is 5.41 Å². The molecule has 0 fully saturated rings. The molecule has 0 radical (unpaired) electrons. The van der Waals surface area contributed by atoms with Crippen molar-refractivity contribution in [3.63, 3.8) is 0 Å². The van der Waals surface area contributed by atoms with E-state index in [0.717, 1.165) is 38.6 Å². The summed E-state index contributed by atoms with van der Waals surface area (Å²) in [5, 5.41) is 4.53. The maximum Gasteiger partial charge on any atom is 0.164 e. The molecule has 1 aliphatic rings. The third-order valence-electron chi connectivity index (χ3n) is 11.0. The first kappa shape index (κ1) is 30.5. The predicted octanol–water partition coefficient (Wildman–Crippen LogP) is 12.3. The van der Waals surface area contributed by atoms with Gasteiger partial charge >= 0.3 is 0 Å². The van der Waals surface area contributed by atoms with Crippen LogP contribution >= 0.6 is 0 Å². The van der Waals surface area contributed by atoms with Crippen LogP contribution in [-0.4, -0.2) is 15.0 Å². The van der Waals surface area contributed by atoms with Crippen molar-refractivity contribution >= 4 is 32.7 Å². The summed E-state index contributed by atoms with van der Waals surface area (Å²) in [6.07, 6.45) is 0. The van der Waals surface area contributed by atoms with E-state index in [2.05, 4.69) is 115 Å². The minimum Gasteiger partial charge on any atom is -0.456 e. The SMILES string of the molecule is c1ccc(-c2nc(-c3ccccc3)nc(-c3ccc4oc5cc(C6(c7ccccc7)c7ccccc7-c7cc8ccccc8cc76)ccc5c4c3)n2)cc1. The van der Waals surface area contributed by atoms with Gasteiger partial charge in [0.1, 0.15) is 11.2 Å². The fourth-order valence-electron chi connectivity index (χ4n) is 8.53. The Morgan fingerprint density at radius 2 is 0.944 bits per heavy atom. The number of rotatable bonds is 5. The molecule has 0 aliphatic heterocycles. The third-order valence-corrected chi connectivity index (χ3v) is 11.0. The lowest BCUT2D eigenvalue weighted by atomic mass is 9.67. The number of benzene rings is 8. The van der Waals surface area contributed by atoms with E-state index in [0.29, 0.717) is 17.5 Å². The second-order valence-corrected chi connectivity index (χ2v) is 14.0. The normalized spacial score (nSPS) is 14.7. The standard InChI is InChI=1S/C50H31N3O/c1-4-14-32(15-5-1)47-51-48(33-16-6-2-7-17-33)53-49(52-47)36-24-27-45-42(29-36)40-26-25-38(31-46(40)54-45)50(37-20-8-3-9-21-37)43-23-13-12-22-39(43)41-28-34-18-10-11-19-35(34)30-44(41)50/h1-31H. The average molecular weight is 690 g/mol. The van der Waals surface area contributed by atoms with Crippen LogP contribution in [0.2, 0.25) is 0 Å². The van der Waals surface area contributed by atoms with Gasteiger partial charge in [0.25, 0.3) is 0 Å². The summed E-state index contributed by atoms with van der Waals surface area (Å²) in [6, 6.07) is 66.4. The molecule has 10 aromatic rings. The quantitative estimate of drug-likeness (QED) is 0.180. The fourth-order valence-corrected chi connectivity index (χ4v) is 8.53. The Balaban J connectivity index is 1.11. The van der Waals surface area contributed by atoms with Crippen molar-refractivity contribution in [1.82, 2.24) is 15.0 Å². The number of hydrogen-bond acceptors (Lipinski definition) is 4. The average Bonchev–Trinajstić information content (AvgIpc) is 3.76. The van der Waals surface area contributed by atoms with E-state index in [1.54, 1.807) is 0 Å². The van der Waals surface area contributed by atoms with E-state index in [-0.39, 0.29) is 0 Å². The molecule has 2 aromatic heterocycles. The maximum absolute atomic E-state index is 6.70. The van der Waals surface area contributed by atoms with Gasteiger partial charge in [0.2, 0.25) is 0 Å². The Hall–Kier alpha value is -7.17. The largest absolute Gasteiger partial charge is 0.456 e. The highest BCUT2D eigenvalue weighted by Gasteiger charge is 2.46. The van der Waals surface area contributed by atoms with Crippen LogP contribution in [0.25, 0.3) is 78.0 Å². The molecule has 0 N–H and O–H groups in total. The lowest BCUT2D eigenvalue weighted by Gasteiger charge is -2.34. The summed E-state index contributed by atoms with van der Waals surface area (Å²) in [6.45, 7) is 0. The summed E-state index contributed by atoms with van der Waals surface area (Å²) in [5.74, 6) is 1.89. The van der Waals surface area contributed by atoms with E-state index in [1.807, 2.05) is 72.8 Å². The Morgan fingerprint density at radius 1 is 0.352 bits per heavy atom. The Kier molecular flexibility index (Phi) is 6.73. The second-order valence-electron chi connectivity index (χ2n) is 14.0. The van der Waals surface area contributed by atoms with Gasteiger partial charge in [0, 0.05) is 27.5 Å². The zero-order chi connectivity index (χ0) is 35.6. The number of fused-ring (bicyclic) bond motifs is 7. The van der Waals surface area contributed by atoms with Crippen LogP contribution in [0.15, 0.2) is 192 Å². The molecule has 11 rings (SSSR count). The molecule has 2 heterocycles. The van der Waals surface area contributed by atoms with E-state index in [9.17, 15) is 0 Å². The van der Waals surface area contributed by atoms with Gasteiger partial charge < -0.3 is 4.42 Å². The second kappa shape index (κ2) is 11.9. The topological polar surface area (TPSA) is 51.8 Å². The first-order chi connectivity index (χ1) is 26.7. The van der Waals surface area contributed by atoms with E-state index in [4.69, 9.17) is 19.4 Å². The van der Waals surface area contributed by atoms with Gasteiger partial charge in [-0.3, -0.25) is 0 Å². The minimum absolute atomic E-state index is 0.540. The molecule has 0 amide bonds. The highest BCUT2D eigenvalue weighted by molar-refractivity contribution is 6.07. The summed E-state index contributed by atoms with van der Waals surface area (Å²) in [4.78, 5) is 14.9. The summed E-state index contributed by atoms with van der Waals surface area (Å²) in [7, 11) is 0. The van der Waals surface area contributed by atoms with Crippen LogP contribution in [0, 0.1) is 0 Å². The van der Waals surface area contributed by atoms with E-state index in [1.165, 1.54) is 44.2 Å². The first-order valence-electron chi connectivity index (χ1n) is 18.3. The van der Waals surface area contributed by atoms with Gasteiger partial charge in [-0.1, -0.05) is 152 Å². The van der Waals surface area contributed by atoms with Crippen molar-refractivity contribution in [3.05, 3.63) is 210 Å². The van der Waals surface area contributed by atoms with Gasteiger partial charge in [0.15, 0.2) is 17.5 Å². The lowest BCUT2D eigenvalue weighted by Crippen LogP contribution is -2.28. The monoisotopic (exact) mass is 689 g/mol. The summed E-state index contributed by atoms with van der Waals surface area (Å²) >= 11 is 0. The molecular weight excluding hydrogens is 659 g/mol. The summed E-state index contributed by atoms with van der Waals surface area (Å²) in [5.41, 5.74) is 11.4. The molecule has 0 saturated heterocycles. The third kappa shape index (κ3) is 4.60. The van der Waals surface area contributed by atoms with Crippen LogP contribution < -0.4 is 0 Å². The van der Waals surface area contributed by atoms with Gasteiger partial charge in [-0.15, -0.1) is 0 Å². The molecule has 0 spiro atoms. The zero-order valence-electron chi connectivity index (χ0n) is 29.1. The molecule has 1 atom stereocenters. The van der Waals surface area contributed by atoms with Crippen LogP contribution in [0.4, 0.5) is 0 Å². The smallest absolute Gasteiger partial charge is 0.164 e. The van der Waals surface area contributed by atoms with Crippen molar-refractivity contribution in [2.24, 2.45) is 0 Å². The number of hydrogen-bond donors (Lipinski definition) is 0. The van der Waals surface area contributed by atoms with Crippen molar-refractivity contribution in [2.75, 3.05) is 0 Å².